The zero-order valence-electron chi connectivity index (χ0n) is 23.4. The van der Waals surface area contributed by atoms with E-state index >= 15 is 0 Å². The first kappa shape index (κ1) is 24.9. The lowest BCUT2D eigenvalue weighted by atomic mass is 9.41. The lowest BCUT2D eigenvalue weighted by molar-refractivity contribution is -0.282. The highest BCUT2D eigenvalue weighted by atomic mass is 16.8. The first-order chi connectivity index (χ1) is 19.0. The first-order valence-electron chi connectivity index (χ1n) is 14.4. The molecule has 2 bridgehead atoms. The SMILES string of the molecule is CC1(C)OC23CC[C@]4(C)[C@@]5(C)c6[nH]c7ccccc7c6C[C@@H]5C[C@H](OCc5ccncn5)[C@@]4(O)C2=CC(=O)[C@@H]1O3. The molecule has 2 saturated carbocycles. The number of hydrogen-bond donors (Lipinski definition) is 2. The number of H-pyrrole nitrogens is 1. The van der Waals surface area contributed by atoms with Gasteiger partial charge in [-0.1, -0.05) is 32.0 Å². The molecule has 2 N–H and O–H groups in total. The van der Waals surface area contributed by atoms with Gasteiger partial charge in [0.05, 0.1) is 18.4 Å². The van der Waals surface area contributed by atoms with Crippen molar-refractivity contribution in [3.05, 3.63) is 71.5 Å². The summed E-state index contributed by atoms with van der Waals surface area (Å²) >= 11 is 0. The topological polar surface area (TPSA) is 107 Å². The Bertz CT molecular complexity index is 1600. The van der Waals surface area contributed by atoms with Crippen molar-refractivity contribution in [1.82, 2.24) is 15.0 Å². The van der Waals surface area contributed by atoms with Gasteiger partial charge in [0, 0.05) is 45.6 Å². The highest BCUT2D eigenvalue weighted by Gasteiger charge is 2.78. The number of aromatic nitrogens is 3. The Hall–Kier alpha value is -2.91. The maximum atomic E-state index is 13.5. The summed E-state index contributed by atoms with van der Waals surface area (Å²) in [7, 11) is 0. The van der Waals surface area contributed by atoms with Crippen LogP contribution in [0.3, 0.4) is 0 Å². The number of ketones is 1. The molecule has 5 aliphatic rings. The van der Waals surface area contributed by atoms with Crippen LogP contribution >= 0.6 is 0 Å². The Labute approximate surface area is 233 Å². The molecular formula is C32H35N3O5. The third-order valence-electron chi connectivity index (χ3n) is 11.3. The Kier molecular flexibility index (Phi) is 4.77. The second-order valence-corrected chi connectivity index (χ2v) is 13.4. The molecule has 1 unspecified atom stereocenters. The summed E-state index contributed by atoms with van der Waals surface area (Å²) in [6, 6.07) is 10.3. The predicted octanol–water partition coefficient (Wildman–Crippen LogP) is 4.31. The quantitative estimate of drug-likeness (QED) is 0.509. The van der Waals surface area contributed by atoms with E-state index in [-0.39, 0.29) is 18.3 Å². The molecule has 0 amide bonds. The van der Waals surface area contributed by atoms with Crippen LogP contribution in [0.1, 0.15) is 63.9 Å². The second-order valence-electron chi connectivity index (χ2n) is 13.4. The Morgan fingerprint density at radius 2 is 1.98 bits per heavy atom. The van der Waals surface area contributed by atoms with Crippen molar-refractivity contribution in [2.24, 2.45) is 11.3 Å². The molecule has 208 valence electrons. The molecule has 4 heterocycles. The first-order valence-corrected chi connectivity index (χ1v) is 14.4. The summed E-state index contributed by atoms with van der Waals surface area (Å²) in [5, 5.41) is 14.6. The van der Waals surface area contributed by atoms with Gasteiger partial charge in [-0.3, -0.25) is 4.79 Å². The molecule has 1 saturated heterocycles. The van der Waals surface area contributed by atoms with E-state index in [1.54, 1.807) is 12.3 Å². The van der Waals surface area contributed by atoms with E-state index in [1.807, 2.05) is 19.9 Å². The standard InChI is InChI=1S/C32H35N3O5/c1-28(2)27-23(36)15-24-31(39-27,40-28)11-10-29(3)30(4)18(13-21-20-7-5-6-8-22(20)35-26(21)30)14-25(32(24,29)37)38-16-19-9-12-33-17-34-19/h5-9,12,15,17-18,25,27,35,37H,10-11,13-14,16H2,1-4H3/t18-,25+,27+,29-,30-,31?,32+/m1/s1. The molecule has 8 nitrogen and oxygen atoms in total. The normalized spacial score (nSPS) is 40.8. The van der Waals surface area contributed by atoms with Crippen LogP contribution in [-0.4, -0.2) is 55.0 Å². The van der Waals surface area contributed by atoms with Crippen molar-refractivity contribution in [2.75, 3.05) is 0 Å². The number of nitrogens with one attached hydrogen (secondary N) is 1. The maximum Gasteiger partial charge on any atom is 0.195 e. The molecular weight excluding hydrogens is 506 g/mol. The fraction of sp³-hybridized carbons (Fsp3) is 0.531. The van der Waals surface area contributed by atoms with E-state index in [0.717, 1.165) is 17.6 Å². The van der Waals surface area contributed by atoms with E-state index in [1.165, 1.54) is 23.0 Å². The van der Waals surface area contributed by atoms with Gasteiger partial charge in [0.25, 0.3) is 0 Å². The number of fused-ring (bicyclic) bond motifs is 9. The van der Waals surface area contributed by atoms with Gasteiger partial charge in [-0.25, -0.2) is 9.97 Å². The van der Waals surface area contributed by atoms with Gasteiger partial charge in [-0.05, 0) is 62.8 Å². The average Bonchev–Trinajstić information content (AvgIpc) is 3.52. The minimum Gasteiger partial charge on any atom is -0.382 e. The van der Waals surface area contributed by atoms with Crippen LogP contribution in [0.15, 0.2) is 54.5 Å². The monoisotopic (exact) mass is 541 g/mol. The third kappa shape index (κ3) is 2.78. The number of para-hydroxylation sites is 1. The largest absolute Gasteiger partial charge is 0.382 e. The fourth-order valence-corrected chi connectivity index (χ4v) is 9.18. The predicted molar refractivity (Wildman–Crippen MR) is 146 cm³/mol. The van der Waals surface area contributed by atoms with Crippen LogP contribution in [0, 0.1) is 11.3 Å². The number of carbonyl (C=O) groups excluding carboxylic acids is 1. The van der Waals surface area contributed by atoms with Crippen molar-refractivity contribution in [2.45, 2.75) is 94.6 Å². The van der Waals surface area contributed by atoms with E-state index in [4.69, 9.17) is 14.2 Å². The fourth-order valence-electron chi connectivity index (χ4n) is 9.18. The van der Waals surface area contributed by atoms with Gasteiger partial charge >= 0.3 is 0 Å². The number of benzene rings is 1. The molecule has 8 heteroatoms. The van der Waals surface area contributed by atoms with Crippen LogP contribution in [0.4, 0.5) is 0 Å². The Morgan fingerprint density at radius 3 is 2.77 bits per heavy atom. The number of nitrogens with zero attached hydrogens (tertiary/aromatic N) is 2. The van der Waals surface area contributed by atoms with Crippen LogP contribution in [0.2, 0.25) is 0 Å². The zero-order chi connectivity index (χ0) is 27.7. The van der Waals surface area contributed by atoms with Crippen LogP contribution < -0.4 is 0 Å². The summed E-state index contributed by atoms with van der Waals surface area (Å²) in [5.74, 6) is -1.08. The van der Waals surface area contributed by atoms with Crippen molar-refractivity contribution >= 4 is 16.7 Å². The summed E-state index contributed by atoms with van der Waals surface area (Å²) in [4.78, 5) is 25.6. The summed E-state index contributed by atoms with van der Waals surface area (Å²) in [5.41, 5.74) is 1.48. The minimum absolute atomic E-state index is 0.162. The zero-order valence-corrected chi connectivity index (χ0v) is 23.4. The Balaban J connectivity index is 1.31. The van der Waals surface area contributed by atoms with Gasteiger partial charge in [-0.2, -0.15) is 0 Å². The van der Waals surface area contributed by atoms with Gasteiger partial charge in [-0.15, -0.1) is 0 Å². The lowest BCUT2D eigenvalue weighted by Crippen LogP contribution is -2.74. The summed E-state index contributed by atoms with van der Waals surface area (Å²) < 4.78 is 19.7. The third-order valence-corrected chi connectivity index (χ3v) is 11.3. The molecule has 40 heavy (non-hydrogen) atoms. The molecule has 3 aromatic rings. The summed E-state index contributed by atoms with van der Waals surface area (Å²) in [6.07, 6.45) is 6.27. The van der Waals surface area contributed by atoms with Gasteiger partial charge in [0.1, 0.15) is 17.5 Å². The maximum absolute atomic E-state index is 13.5. The lowest BCUT2D eigenvalue weighted by Gasteiger charge is -2.67. The van der Waals surface area contributed by atoms with E-state index in [2.05, 4.69) is 53.1 Å². The molecule has 7 atom stereocenters. The highest BCUT2D eigenvalue weighted by Crippen LogP contribution is 2.72. The molecule has 8 rings (SSSR count). The molecule has 3 aliphatic carbocycles. The number of aliphatic hydroxyl groups is 1. The van der Waals surface area contributed by atoms with Crippen molar-refractivity contribution < 1.29 is 24.1 Å². The average molecular weight is 542 g/mol. The van der Waals surface area contributed by atoms with Gasteiger partial charge in [0.2, 0.25) is 0 Å². The number of rotatable bonds is 3. The molecule has 3 fully saturated rings. The van der Waals surface area contributed by atoms with Gasteiger partial charge < -0.3 is 24.3 Å². The Morgan fingerprint density at radius 1 is 1.15 bits per heavy atom. The number of hydrogen-bond acceptors (Lipinski definition) is 7. The van der Waals surface area contributed by atoms with Gasteiger partial charge in [0.15, 0.2) is 17.7 Å². The van der Waals surface area contributed by atoms with Crippen LogP contribution in [0.25, 0.3) is 10.9 Å². The van der Waals surface area contributed by atoms with Crippen molar-refractivity contribution in [1.29, 1.82) is 0 Å². The minimum atomic E-state index is -1.52. The van der Waals surface area contributed by atoms with E-state index < -0.39 is 40.0 Å². The molecule has 2 aromatic heterocycles. The smallest absolute Gasteiger partial charge is 0.195 e. The van der Waals surface area contributed by atoms with Crippen LogP contribution in [-0.2, 0) is 37.4 Å². The molecule has 0 radical (unpaired) electrons. The summed E-state index contributed by atoms with van der Waals surface area (Å²) in [6.45, 7) is 8.51. The number of ether oxygens (including phenoxy) is 3. The van der Waals surface area contributed by atoms with Crippen molar-refractivity contribution in [3.63, 3.8) is 0 Å². The van der Waals surface area contributed by atoms with Crippen molar-refractivity contribution in [3.8, 4) is 0 Å². The molecule has 1 aromatic carbocycles. The molecule has 1 spiro atoms. The number of carbonyl (C=O) groups is 1. The highest BCUT2D eigenvalue weighted by molar-refractivity contribution is 5.97. The van der Waals surface area contributed by atoms with E-state index in [0.29, 0.717) is 24.8 Å². The second kappa shape index (κ2) is 7.68. The van der Waals surface area contributed by atoms with Crippen LogP contribution in [0.5, 0.6) is 0 Å². The molecule has 2 aliphatic heterocycles. The van der Waals surface area contributed by atoms with E-state index in [9.17, 15) is 9.90 Å². The number of aromatic amines is 1.